The van der Waals surface area contributed by atoms with Crippen LogP contribution in [-0.4, -0.2) is 41.7 Å². The van der Waals surface area contributed by atoms with Gasteiger partial charge in [-0.2, -0.15) is 0 Å². The maximum Gasteiger partial charge on any atom is 0.119 e. The Morgan fingerprint density at radius 1 is 1.33 bits per heavy atom. The molecule has 0 saturated carbocycles. The zero-order valence-electron chi connectivity index (χ0n) is 10.8. The molecule has 0 bridgehead atoms. The maximum absolute atomic E-state index is 14.7. The number of halogens is 1. The third kappa shape index (κ3) is 3.75. The van der Waals surface area contributed by atoms with Crippen molar-refractivity contribution in [2.45, 2.75) is 31.4 Å². The molecule has 0 aliphatic carbocycles. The molecular formula is C14H22FN3. The molecule has 1 saturated heterocycles. The Bertz CT molecular complexity index is 347. The summed E-state index contributed by atoms with van der Waals surface area (Å²) in [6.07, 6.45) is 4.38. The number of likely N-dealkylation sites (tertiary alicyclic amines) is 1. The summed E-state index contributed by atoms with van der Waals surface area (Å²) < 4.78 is 14.7. The van der Waals surface area contributed by atoms with Crippen LogP contribution in [0.3, 0.4) is 0 Å². The van der Waals surface area contributed by atoms with Crippen LogP contribution in [0.1, 0.15) is 25.0 Å². The number of pyridine rings is 1. The van der Waals surface area contributed by atoms with Crippen molar-refractivity contribution in [2.75, 3.05) is 26.2 Å². The van der Waals surface area contributed by atoms with Crippen molar-refractivity contribution in [1.82, 2.24) is 9.88 Å². The van der Waals surface area contributed by atoms with E-state index in [1.54, 1.807) is 6.20 Å². The highest BCUT2D eigenvalue weighted by atomic mass is 19.1. The van der Waals surface area contributed by atoms with Crippen LogP contribution in [0.2, 0.25) is 0 Å². The fourth-order valence-electron chi connectivity index (χ4n) is 2.50. The van der Waals surface area contributed by atoms with E-state index >= 15 is 0 Å². The minimum atomic E-state index is -1.08. The number of hydrogen-bond donors (Lipinski definition) is 1. The molecule has 2 N–H and O–H groups in total. The van der Waals surface area contributed by atoms with E-state index in [2.05, 4.69) is 9.88 Å². The minimum Gasteiger partial charge on any atom is -0.330 e. The molecule has 1 fully saturated rings. The summed E-state index contributed by atoms with van der Waals surface area (Å²) in [7, 11) is 0. The van der Waals surface area contributed by atoms with Crippen LogP contribution in [-0.2, 0) is 6.42 Å². The normalized spacial score (nSPS) is 19.9. The van der Waals surface area contributed by atoms with Crippen molar-refractivity contribution in [1.29, 1.82) is 0 Å². The molecule has 4 heteroatoms. The Balaban J connectivity index is 1.83. The molecule has 100 valence electrons. The molecular weight excluding hydrogens is 229 g/mol. The average molecular weight is 251 g/mol. The van der Waals surface area contributed by atoms with Crippen molar-refractivity contribution >= 4 is 0 Å². The molecule has 0 atom stereocenters. The standard InChI is InChI=1S/C14H22FN3/c15-14(12-13-4-1-2-8-17-13)5-10-18(11-6-14)9-3-7-16/h1-2,4,8H,3,5-7,9-12,16H2. The van der Waals surface area contributed by atoms with Crippen molar-refractivity contribution in [3.8, 4) is 0 Å². The summed E-state index contributed by atoms with van der Waals surface area (Å²) in [5.74, 6) is 0. The Hall–Kier alpha value is -1.00. The van der Waals surface area contributed by atoms with E-state index in [1.807, 2.05) is 18.2 Å². The summed E-state index contributed by atoms with van der Waals surface area (Å²) in [5.41, 5.74) is 5.27. The van der Waals surface area contributed by atoms with Gasteiger partial charge in [-0.15, -0.1) is 0 Å². The van der Waals surface area contributed by atoms with E-state index in [0.29, 0.717) is 25.8 Å². The zero-order valence-corrected chi connectivity index (χ0v) is 10.8. The van der Waals surface area contributed by atoms with Crippen LogP contribution in [0.4, 0.5) is 4.39 Å². The predicted molar refractivity (Wildman–Crippen MR) is 71.1 cm³/mol. The molecule has 1 aliphatic heterocycles. The van der Waals surface area contributed by atoms with Crippen LogP contribution in [0.5, 0.6) is 0 Å². The topological polar surface area (TPSA) is 42.1 Å². The smallest absolute Gasteiger partial charge is 0.119 e. The van der Waals surface area contributed by atoms with Gasteiger partial charge >= 0.3 is 0 Å². The summed E-state index contributed by atoms with van der Waals surface area (Å²) in [4.78, 5) is 6.53. The second kappa shape index (κ2) is 6.25. The second-order valence-corrected chi connectivity index (χ2v) is 5.13. The molecule has 2 heterocycles. The molecule has 0 unspecified atom stereocenters. The summed E-state index contributed by atoms with van der Waals surface area (Å²) in [6, 6.07) is 5.69. The van der Waals surface area contributed by atoms with Crippen LogP contribution in [0, 0.1) is 0 Å². The van der Waals surface area contributed by atoms with Gasteiger partial charge in [0.2, 0.25) is 0 Å². The van der Waals surface area contributed by atoms with Gasteiger partial charge in [-0.05, 0) is 44.5 Å². The lowest BCUT2D eigenvalue weighted by Gasteiger charge is -2.36. The van der Waals surface area contributed by atoms with Gasteiger partial charge in [-0.3, -0.25) is 4.98 Å². The first-order valence-electron chi connectivity index (χ1n) is 6.73. The molecule has 0 aromatic carbocycles. The zero-order chi connectivity index (χ0) is 12.8. The van der Waals surface area contributed by atoms with Gasteiger partial charge in [0.1, 0.15) is 5.67 Å². The van der Waals surface area contributed by atoms with E-state index < -0.39 is 5.67 Å². The molecule has 0 radical (unpaired) electrons. The Morgan fingerprint density at radius 3 is 2.72 bits per heavy atom. The Labute approximate surface area is 108 Å². The lowest BCUT2D eigenvalue weighted by atomic mass is 9.88. The van der Waals surface area contributed by atoms with Gasteiger partial charge in [0.05, 0.1) is 0 Å². The molecule has 18 heavy (non-hydrogen) atoms. The van der Waals surface area contributed by atoms with Gasteiger partial charge in [0, 0.05) is 31.4 Å². The Kier molecular flexibility index (Phi) is 4.66. The molecule has 3 nitrogen and oxygen atoms in total. The number of alkyl halides is 1. The fourth-order valence-corrected chi connectivity index (χ4v) is 2.50. The van der Waals surface area contributed by atoms with Gasteiger partial charge in [-0.1, -0.05) is 6.07 Å². The highest BCUT2D eigenvalue weighted by Crippen LogP contribution is 2.29. The molecule has 1 aromatic heterocycles. The van der Waals surface area contributed by atoms with E-state index in [-0.39, 0.29) is 0 Å². The van der Waals surface area contributed by atoms with E-state index in [4.69, 9.17) is 5.73 Å². The minimum absolute atomic E-state index is 0.443. The largest absolute Gasteiger partial charge is 0.330 e. The monoisotopic (exact) mass is 251 g/mol. The summed E-state index contributed by atoms with van der Waals surface area (Å²) >= 11 is 0. The SMILES string of the molecule is NCCCN1CCC(F)(Cc2ccccn2)CC1. The maximum atomic E-state index is 14.7. The molecule has 1 aromatic rings. The molecule has 1 aliphatic rings. The molecule has 2 rings (SSSR count). The van der Waals surface area contributed by atoms with E-state index in [9.17, 15) is 4.39 Å². The second-order valence-electron chi connectivity index (χ2n) is 5.13. The van der Waals surface area contributed by atoms with Crippen LogP contribution < -0.4 is 5.73 Å². The van der Waals surface area contributed by atoms with Crippen molar-refractivity contribution in [3.63, 3.8) is 0 Å². The highest BCUT2D eigenvalue weighted by Gasteiger charge is 2.34. The number of piperidine rings is 1. The first-order chi connectivity index (χ1) is 8.72. The number of nitrogens with zero attached hydrogens (tertiary/aromatic N) is 2. The van der Waals surface area contributed by atoms with E-state index in [1.165, 1.54) is 0 Å². The van der Waals surface area contributed by atoms with Crippen molar-refractivity contribution < 1.29 is 4.39 Å². The van der Waals surface area contributed by atoms with Gasteiger partial charge in [0.25, 0.3) is 0 Å². The van der Waals surface area contributed by atoms with Gasteiger partial charge in [-0.25, -0.2) is 4.39 Å². The summed E-state index contributed by atoms with van der Waals surface area (Å²) in [6.45, 7) is 3.38. The molecule has 0 spiro atoms. The van der Waals surface area contributed by atoms with Crippen molar-refractivity contribution in [2.24, 2.45) is 5.73 Å². The number of nitrogens with two attached hydrogens (primary N) is 1. The number of hydrogen-bond acceptors (Lipinski definition) is 3. The van der Waals surface area contributed by atoms with Crippen LogP contribution >= 0.6 is 0 Å². The lowest BCUT2D eigenvalue weighted by molar-refractivity contribution is 0.0576. The predicted octanol–water partition coefficient (Wildman–Crippen LogP) is 1.78. The van der Waals surface area contributed by atoms with Gasteiger partial charge < -0.3 is 10.6 Å². The van der Waals surface area contributed by atoms with Crippen LogP contribution in [0.25, 0.3) is 0 Å². The van der Waals surface area contributed by atoms with Gasteiger partial charge in [0.15, 0.2) is 0 Å². The van der Waals surface area contributed by atoms with Crippen LogP contribution in [0.15, 0.2) is 24.4 Å². The summed E-state index contributed by atoms with van der Waals surface area (Å²) in [5, 5.41) is 0. The lowest BCUT2D eigenvalue weighted by Crippen LogP contribution is -2.43. The van der Waals surface area contributed by atoms with E-state index in [0.717, 1.165) is 31.7 Å². The average Bonchev–Trinajstić information content (AvgIpc) is 2.39. The fraction of sp³-hybridized carbons (Fsp3) is 0.643. The highest BCUT2D eigenvalue weighted by molar-refractivity contribution is 5.08. The third-order valence-electron chi connectivity index (χ3n) is 3.65. The Morgan fingerprint density at radius 2 is 2.11 bits per heavy atom. The third-order valence-corrected chi connectivity index (χ3v) is 3.65. The first kappa shape index (κ1) is 13.4. The first-order valence-corrected chi connectivity index (χ1v) is 6.73. The quantitative estimate of drug-likeness (QED) is 0.867. The molecule has 0 amide bonds. The number of rotatable bonds is 5. The van der Waals surface area contributed by atoms with Crippen molar-refractivity contribution in [3.05, 3.63) is 30.1 Å². The number of aromatic nitrogens is 1.